The zero-order valence-electron chi connectivity index (χ0n) is 24.3. The minimum absolute atomic E-state index is 0.0659. The van der Waals surface area contributed by atoms with Crippen LogP contribution in [-0.4, -0.2) is 73.7 Å². The number of imidazole rings is 1. The van der Waals surface area contributed by atoms with E-state index in [2.05, 4.69) is 36.3 Å². The molecule has 3 aromatic rings. The molecule has 3 N–H and O–H groups in total. The Labute approximate surface area is 247 Å². The van der Waals surface area contributed by atoms with E-state index in [0.717, 1.165) is 31.0 Å². The summed E-state index contributed by atoms with van der Waals surface area (Å²) in [5.41, 5.74) is 7.03. The highest BCUT2D eigenvalue weighted by molar-refractivity contribution is 5.91. The zero-order chi connectivity index (χ0) is 30.8. The molecule has 0 bridgehead atoms. The van der Waals surface area contributed by atoms with Crippen LogP contribution in [-0.2, 0) is 7.05 Å². The van der Waals surface area contributed by atoms with Crippen molar-refractivity contribution in [1.82, 2.24) is 34.8 Å². The molecule has 15 heteroatoms. The molecular formula is C28H34F2N10O3. The smallest absolute Gasteiger partial charge is 0.322 e. The Hall–Kier alpha value is -4.61. The number of anilines is 2. The molecule has 4 heterocycles. The number of nitriles is 1. The van der Waals surface area contributed by atoms with Crippen molar-refractivity contribution < 1.29 is 23.0 Å². The van der Waals surface area contributed by atoms with E-state index in [1.54, 1.807) is 12.5 Å². The first kappa shape index (κ1) is 29.9. The van der Waals surface area contributed by atoms with Gasteiger partial charge in [-0.2, -0.15) is 20.2 Å². The molecule has 0 radical (unpaired) electrons. The Morgan fingerprint density at radius 1 is 1.26 bits per heavy atom. The number of nitrogen functional groups attached to an aromatic ring is 1. The molecule has 1 atom stereocenters. The zero-order valence-corrected chi connectivity index (χ0v) is 24.3. The van der Waals surface area contributed by atoms with Crippen LogP contribution in [0.2, 0.25) is 0 Å². The first-order valence-corrected chi connectivity index (χ1v) is 14.0. The summed E-state index contributed by atoms with van der Waals surface area (Å²) in [5.74, 6) is -3.17. The van der Waals surface area contributed by atoms with Crippen LogP contribution in [0.4, 0.5) is 20.5 Å². The highest BCUT2D eigenvalue weighted by atomic mass is 19.3. The average molecular weight is 597 g/mol. The lowest BCUT2D eigenvalue weighted by Gasteiger charge is -2.32. The number of pyridine rings is 1. The molecule has 13 nitrogen and oxygen atoms in total. The quantitative estimate of drug-likeness (QED) is 0.334. The first-order chi connectivity index (χ1) is 20.4. The maximum absolute atomic E-state index is 13.7. The molecule has 2 fully saturated rings. The third kappa shape index (κ3) is 7.25. The average Bonchev–Trinajstić information content (AvgIpc) is 3.65. The molecule has 5 rings (SSSR count). The number of hydrogen-bond acceptors (Lipinski definition) is 11. The van der Waals surface area contributed by atoms with Gasteiger partial charge >= 0.3 is 6.01 Å². The van der Waals surface area contributed by atoms with Crippen molar-refractivity contribution in [3.63, 3.8) is 0 Å². The third-order valence-electron chi connectivity index (χ3n) is 7.74. The normalized spacial score (nSPS) is 17.2. The maximum Gasteiger partial charge on any atom is 0.322 e. The van der Waals surface area contributed by atoms with Gasteiger partial charge in [0.15, 0.2) is 11.6 Å². The number of nitrogens with two attached hydrogens (primary N) is 1. The molecular weight excluding hydrogens is 562 g/mol. The SMILES string of the molecule is CC(NC(=O)c1nc(OCC2(C#N)CC2)nc(N2CCC(COc3cc(-c4cn(C)cn4)cnc3N)CC2)n1)C(C)(F)F. The van der Waals surface area contributed by atoms with Gasteiger partial charge in [-0.05, 0) is 44.6 Å². The van der Waals surface area contributed by atoms with Crippen LogP contribution in [0.5, 0.6) is 11.8 Å². The van der Waals surface area contributed by atoms with Gasteiger partial charge in [-0.1, -0.05) is 0 Å². The van der Waals surface area contributed by atoms with Gasteiger partial charge in [-0.25, -0.2) is 18.7 Å². The number of aromatic nitrogens is 6. The van der Waals surface area contributed by atoms with Gasteiger partial charge in [-0.3, -0.25) is 4.79 Å². The van der Waals surface area contributed by atoms with E-state index in [0.29, 0.717) is 44.1 Å². The number of alkyl halides is 2. The highest BCUT2D eigenvalue weighted by Gasteiger charge is 2.44. The van der Waals surface area contributed by atoms with Gasteiger partial charge in [0.25, 0.3) is 11.8 Å². The lowest BCUT2D eigenvalue weighted by molar-refractivity contribution is -0.0109. The largest absolute Gasteiger partial charge is 0.489 e. The van der Waals surface area contributed by atoms with Crippen LogP contribution in [0.25, 0.3) is 11.3 Å². The summed E-state index contributed by atoms with van der Waals surface area (Å²) in [6.45, 7) is 3.50. The molecule has 1 aliphatic carbocycles. The number of nitrogens with zero attached hydrogens (tertiary/aromatic N) is 8. The van der Waals surface area contributed by atoms with Crippen molar-refractivity contribution in [3.05, 3.63) is 30.6 Å². The van der Waals surface area contributed by atoms with Crippen LogP contribution in [0, 0.1) is 22.7 Å². The van der Waals surface area contributed by atoms with Crippen LogP contribution >= 0.6 is 0 Å². The first-order valence-electron chi connectivity index (χ1n) is 14.0. The van der Waals surface area contributed by atoms with Crippen molar-refractivity contribution in [3.8, 4) is 29.1 Å². The molecule has 228 valence electrons. The summed E-state index contributed by atoms with van der Waals surface area (Å²) in [6.07, 6.45) is 8.10. The number of ether oxygens (including phenoxy) is 2. The molecule has 2 aliphatic rings. The number of halogens is 2. The van der Waals surface area contributed by atoms with Crippen molar-refractivity contribution in [2.45, 2.75) is 51.5 Å². The summed E-state index contributed by atoms with van der Waals surface area (Å²) >= 11 is 0. The molecule has 0 aromatic carbocycles. The molecule has 1 aliphatic heterocycles. The Kier molecular flexibility index (Phi) is 8.30. The number of carbonyl (C=O) groups is 1. The molecule has 0 spiro atoms. The van der Waals surface area contributed by atoms with Gasteiger partial charge in [0, 0.05) is 45.0 Å². The molecule has 3 aromatic heterocycles. The van der Waals surface area contributed by atoms with E-state index in [9.17, 15) is 18.8 Å². The van der Waals surface area contributed by atoms with Crippen molar-refractivity contribution >= 4 is 17.7 Å². The van der Waals surface area contributed by atoms with Crippen LogP contribution < -0.4 is 25.4 Å². The molecule has 43 heavy (non-hydrogen) atoms. The second kappa shape index (κ2) is 11.9. The minimum Gasteiger partial charge on any atom is -0.489 e. The second-order valence-corrected chi connectivity index (χ2v) is 11.3. The van der Waals surface area contributed by atoms with E-state index in [1.807, 2.05) is 28.8 Å². The van der Waals surface area contributed by atoms with Crippen LogP contribution in [0.3, 0.4) is 0 Å². The number of rotatable bonds is 11. The van der Waals surface area contributed by atoms with E-state index in [4.69, 9.17) is 15.2 Å². The number of amides is 1. The second-order valence-electron chi connectivity index (χ2n) is 11.3. The fourth-order valence-electron chi connectivity index (χ4n) is 4.46. The lowest BCUT2D eigenvalue weighted by atomic mass is 9.98. The number of hydrogen-bond donors (Lipinski definition) is 2. The van der Waals surface area contributed by atoms with E-state index in [-0.39, 0.29) is 30.3 Å². The highest BCUT2D eigenvalue weighted by Crippen LogP contribution is 2.44. The third-order valence-corrected chi connectivity index (χ3v) is 7.74. The fourth-order valence-corrected chi connectivity index (χ4v) is 4.46. The summed E-state index contributed by atoms with van der Waals surface area (Å²) < 4.78 is 41.0. The van der Waals surface area contributed by atoms with E-state index < -0.39 is 23.3 Å². The summed E-state index contributed by atoms with van der Waals surface area (Å²) in [7, 11) is 1.89. The fraction of sp³-hybridized carbons (Fsp3) is 0.536. The monoisotopic (exact) mass is 596 g/mol. The molecule has 1 unspecified atom stereocenters. The number of nitrogens with one attached hydrogen (secondary N) is 1. The number of piperidine rings is 1. The summed E-state index contributed by atoms with van der Waals surface area (Å²) in [5, 5.41) is 11.6. The van der Waals surface area contributed by atoms with E-state index >= 15 is 0 Å². The van der Waals surface area contributed by atoms with E-state index in [1.165, 1.54) is 6.92 Å². The van der Waals surface area contributed by atoms with Gasteiger partial charge in [0.1, 0.15) is 6.61 Å². The maximum atomic E-state index is 13.7. The standard InChI is InChI=1S/C28H34F2N10O3/c1-17(27(2,29)30)35-24(41)23-36-25(38-26(37-23)43-15-28(14-31)6-7-28)40-8-4-18(5-9-40)13-42-21-10-19(11-33-22(21)32)20-12-39(3)16-34-20/h10-12,16-18H,4-9,13,15H2,1-3H3,(H2,32,33)(H,35,41). The summed E-state index contributed by atoms with van der Waals surface area (Å²) in [6, 6.07) is 2.48. The Balaban J connectivity index is 1.24. The van der Waals surface area contributed by atoms with Gasteiger partial charge in [0.2, 0.25) is 11.8 Å². The predicted octanol–water partition coefficient (Wildman–Crippen LogP) is 3.00. The van der Waals surface area contributed by atoms with Crippen molar-refractivity contribution in [2.75, 3.05) is 36.9 Å². The van der Waals surface area contributed by atoms with Gasteiger partial charge in [0.05, 0.1) is 36.2 Å². The van der Waals surface area contributed by atoms with Gasteiger partial charge in [-0.15, -0.1) is 0 Å². The predicted molar refractivity (Wildman–Crippen MR) is 151 cm³/mol. The summed E-state index contributed by atoms with van der Waals surface area (Å²) in [4.78, 5) is 36.0. The molecule has 1 saturated heterocycles. The molecule has 1 amide bonds. The number of carbonyl (C=O) groups excluding carboxylic acids is 1. The van der Waals surface area contributed by atoms with Crippen LogP contribution in [0.1, 0.15) is 50.1 Å². The Morgan fingerprint density at radius 3 is 2.63 bits per heavy atom. The molecule has 1 saturated carbocycles. The lowest BCUT2D eigenvalue weighted by Crippen LogP contribution is -2.44. The van der Waals surface area contributed by atoms with Crippen molar-refractivity contribution in [1.29, 1.82) is 5.26 Å². The van der Waals surface area contributed by atoms with Gasteiger partial charge < -0.3 is 30.0 Å². The minimum atomic E-state index is -3.14. The topological polar surface area (TPSA) is 170 Å². The Morgan fingerprint density at radius 2 is 2.00 bits per heavy atom. The Bertz CT molecular complexity index is 1510. The van der Waals surface area contributed by atoms with Crippen molar-refractivity contribution in [2.24, 2.45) is 18.4 Å². The van der Waals surface area contributed by atoms with Crippen LogP contribution in [0.15, 0.2) is 24.8 Å². The number of aryl methyl sites for hydroxylation is 1.